The number of hydrogen-bond donors (Lipinski definition) is 1. The molecule has 150 valence electrons. The standard InChI is InChI=1S/C22H20N6O2/c1-29-17-6-2-5-16(12-17)25-22-24-9-7-18(26-22)20-19-14-30-11-10-28(19)27-21(20)15-4-3-8-23-13-15/h2-9,12-13H,10-11,14H2,1H3,(H,24,25,26). The summed E-state index contributed by atoms with van der Waals surface area (Å²) in [4.78, 5) is 13.4. The van der Waals surface area contributed by atoms with Crippen molar-refractivity contribution >= 4 is 11.6 Å². The number of nitrogens with one attached hydrogen (secondary N) is 1. The lowest BCUT2D eigenvalue weighted by Gasteiger charge is -2.15. The van der Waals surface area contributed by atoms with E-state index in [-0.39, 0.29) is 0 Å². The van der Waals surface area contributed by atoms with Crippen LogP contribution in [-0.2, 0) is 17.9 Å². The van der Waals surface area contributed by atoms with E-state index in [4.69, 9.17) is 19.6 Å². The zero-order chi connectivity index (χ0) is 20.3. The van der Waals surface area contributed by atoms with Crippen LogP contribution in [0.2, 0.25) is 0 Å². The zero-order valence-corrected chi connectivity index (χ0v) is 16.4. The number of fused-ring (bicyclic) bond motifs is 1. The molecule has 8 heteroatoms. The van der Waals surface area contributed by atoms with E-state index in [1.165, 1.54) is 0 Å². The average Bonchev–Trinajstić information content (AvgIpc) is 3.20. The molecule has 8 nitrogen and oxygen atoms in total. The van der Waals surface area contributed by atoms with E-state index in [0.717, 1.165) is 39.6 Å². The van der Waals surface area contributed by atoms with Gasteiger partial charge in [-0.2, -0.15) is 5.10 Å². The Morgan fingerprint density at radius 1 is 1.13 bits per heavy atom. The molecule has 0 saturated carbocycles. The summed E-state index contributed by atoms with van der Waals surface area (Å²) in [6.45, 7) is 1.85. The lowest BCUT2D eigenvalue weighted by molar-refractivity contribution is 0.0804. The van der Waals surface area contributed by atoms with Crippen LogP contribution in [0.5, 0.6) is 5.75 Å². The van der Waals surface area contributed by atoms with E-state index >= 15 is 0 Å². The number of rotatable bonds is 5. The molecular weight excluding hydrogens is 380 g/mol. The summed E-state index contributed by atoms with van der Waals surface area (Å²) >= 11 is 0. The minimum Gasteiger partial charge on any atom is -0.497 e. The van der Waals surface area contributed by atoms with Crippen LogP contribution in [0.4, 0.5) is 11.6 Å². The summed E-state index contributed by atoms with van der Waals surface area (Å²) in [5.74, 6) is 1.26. The van der Waals surface area contributed by atoms with Crippen LogP contribution >= 0.6 is 0 Å². The second-order valence-electron chi connectivity index (χ2n) is 6.81. The number of pyridine rings is 1. The molecule has 30 heavy (non-hydrogen) atoms. The van der Waals surface area contributed by atoms with Gasteiger partial charge in [-0.25, -0.2) is 9.97 Å². The van der Waals surface area contributed by atoms with Crippen molar-refractivity contribution in [3.8, 4) is 28.3 Å². The lowest BCUT2D eigenvalue weighted by Crippen LogP contribution is -2.17. The van der Waals surface area contributed by atoms with Gasteiger partial charge in [0.15, 0.2) is 0 Å². The van der Waals surface area contributed by atoms with Gasteiger partial charge in [-0.3, -0.25) is 9.67 Å². The first-order valence-electron chi connectivity index (χ1n) is 9.64. The van der Waals surface area contributed by atoms with E-state index in [1.54, 1.807) is 19.5 Å². The Labute approximate surface area is 173 Å². The predicted molar refractivity (Wildman–Crippen MR) is 112 cm³/mol. The van der Waals surface area contributed by atoms with Gasteiger partial charge >= 0.3 is 0 Å². The lowest BCUT2D eigenvalue weighted by atomic mass is 10.0. The van der Waals surface area contributed by atoms with Crippen molar-refractivity contribution in [2.45, 2.75) is 13.2 Å². The largest absolute Gasteiger partial charge is 0.497 e. The van der Waals surface area contributed by atoms with Gasteiger partial charge in [0.2, 0.25) is 5.95 Å². The highest BCUT2D eigenvalue weighted by Crippen LogP contribution is 2.35. The number of methoxy groups -OCH3 is 1. The molecule has 4 heterocycles. The van der Waals surface area contributed by atoms with Crippen molar-refractivity contribution < 1.29 is 9.47 Å². The van der Waals surface area contributed by atoms with Crippen LogP contribution in [-0.4, -0.2) is 38.4 Å². The second-order valence-corrected chi connectivity index (χ2v) is 6.81. The summed E-state index contributed by atoms with van der Waals surface area (Å²) in [5.41, 5.74) is 5.36. The molecule has 1 N–H and O–H groups in total. The first kappa shape index (κ1) is 18.3. The normalized spacial score (nSPS) is 13.0. The molecule has 0 bridgehead atoms. The Morgan fingerprint density at radius 2 is 2.10 bits per heavy atom. The third-order valence-corrected chi connectivity index (χ3v) is 4.92. The molecule has 1 aliphatic heterocycles. The topological polar surface area (TPSA) is 87.0 Å². The zero-order valence-electron chi connectivity index (χ0n) is 16.4. The van der Waals surface area contributed by atoms with E-state index in [0.29, 0.717) is 25.7 Å². The Morgan fingerprint density at radius 3 is 2.97 bits per heavy atom. The summed E-state index contributed by atoms with van der Waals surface area (Å²) in [7, 11) is 1.64. The molecule has 0 fully saturated rings. The molecule has 0 saturated heterocycles. The molecule has 0 unspecified atom stereocenters. The van der Waals surface area contributed by atoms with E-state index in [9.17, 15) is 0 Å². The first-order chi connectivity index (χ1) is 14.8. The Kier molecular flexibility index (Phi) is 4.82. The van der Waals surface area contributed by atoms with Crippen molar-refractivity contribution in [3.63, 3.8) is 0 Å². The van der Waals surface area contributed by atoms with Crippen LogP contribution < -0.4 is 10.1 Å². The highest BCUT2D eigenvalue weighted by molar-refractivity contribution is 5.81. The Bertz CT molecular complexity index is 1180. The van der Waals surface area contributed by atoms with E-state index < -0.39 is 0 Å². The molecule has 0 aliphatic carbocycles. The first-order valence-corrected chi connectivity index (χ1v) is 9.64. The van der Waals surface area contributed by atoms with Gasteiger partial charge in [-0.05, 0) is 30.3 Å². The summed E-state index contributed by atoms with van der Waals surface area (Å²) in [6, 6.07) is 13.4. The van der Waals surface area contributed by atoms with Gasteiger partial charge in [-0.15, -0.1) is 0 Å². The summed E-state index contributed by atoms with van der Waals surface area (Å²) < 4.78 is 13.0. The maximum atomic E-state index is 5.71. The summed E-state index contributed by atoms with van der Waals surface area (Å²) in [6.07, 6.45) is 5.31. The smallest absolute Gasteiger partial charge is 0.227 e. The fourth-order valence-corrected chi connectivity index (χ4v) is 3.51. The van der Waals surface area contributed by atoms with E-state index in [1.807, 2.05) is 53.3 Å². The second kappa shape index (κ2) is 7.92. The fourth-order valence-electron chi connectivity index (χ4n) is 3.51. The third kappa shape index (κ3) is 3.48. The van der Waals surface area contributed by atoms with Gasteiger partial charge < -0.3 is 14.8 Å². The number of benzene rings is 1. The van der Waals surface area contributed by atoms with E-state index in [2.05, 4.69) is 15.3 Å². The van der Waals surface area contributed by atoms with Crippen LogP contribution in [0.15, 0.2) is 61.1 Å². The van der Waals surface area contributed by atoms with Crippen molar-refractivity contribution in [2.75, 3.05) is 19.0 Å². The monoisotopic (exact) mass is 400 g/mol. The molecule has 1 aromatic carbocycles. The Hall–Kier alpha value is -3.78. The van der Waals surface area contributed by atoms with Gasteiger partial charge in [-0.1, -0.05) is 6.07 Å². The molecular formula is C22H20N6O2. The third-order valence-electron chi connectivity index (χ3n) is 4.92. The maximum absolute atomic E-state index is 5.71. The fraction of sp³-hybridized carbons (Fsp3) is 0.182. The average molecular weight is 400 g/mol. The Balaban J connectivity index is 1.57. The minimum atomic E-state index is 0.491. The van der Waals surface area contributed by atoms with Gasteiger partial charge in [0.25, 0.3) is 0 Å². The molecule has 4 aromatic rings. The minimum absolute atomic E-state index is 0.491. The number of nitrogens with zero attached hydrogens (tertiary/aromatic N) is 5. The SMILES string of the molecule is COc1cccc(Nc2nccc(-c3c(-c4cccnc4)nn4c3COCC4)n2)c1. The molecule has 5 rings (SSSR count). The molecule has 0 radical (unpaired) electrons. The van der Waals surface area contributed by atoms with Gasteiger partial charge in [0, 0.05) is 35.9 Å². The van der Waals surface area contributed by atoms with Gasteiger partial charge in [0.05, 0.1) is 43.8 Å². The highest BCUT2D eigenvalue weighted by Gasteiger charge is 2.24. The molecule has 0 atom stereocenters. The molecule has 0 amide bonds. The number of ether oxygens (including phenoxy) is 2. The van der Waals surface area contributed by atoms with Crippen molar-refractivity contribution in [2.24, 2.45) is 0 Å². The van der Waals surface area contributed by atoms with Crippen LogP contribution in [0.3, 0.4) is 0 Å². The number of anilines is 2. The number of hydrogen-bond acceptors (Lipinski definition) is 7. The molecule has 1 aliphatic rings. The van der Waals surface area contributed by atoms with Crippen molar-refractivity contribution in [1.82, 2.24) is 24.7 Å². The van der Waals surface area contributed by atoms with Crippen molar-refractivity contribution in [3.05, 3.63) is 66.7 Å². The quantitative estimate of drug-likeness (QED) is 0.547. The number of aromatic nitrogens is 5. The predicted octanol–water partition coefficient (Wildman–Crippen LogP) is 3.68. The molecule has 3 aromatic heterocycles. The summed E-state index contributed by atoms with van der Waals surface area (Å²) in [5, 5.41) is 8.08. The van der Waals surface area contributed by atoms with Crippen LogP contribution in [0.25, 0.3) is 22.5 Å². The maximum Gasteiger partial charge on any atom is 0.227 e. The van der Waals surface area contributed by atoms with Crippen LogP contribution in [0.1, 0.15) is 5.69 Å². The molecule has 0 spiro atoms. The van der Waals surface area contributed by atoms with Gasteiger partial charge in [0.1, 0.15) is 11.4 Å². The van der Waals surface area contributed by atoms with Crippen molar-refractivity contribution in [1.29, 1.82) is 0 Å². The van der Waals surface area contributed by atoms with Crippen LogP contribution in [0, 0.1) is 0 Å². The highest BCUT2D eigenvalue weighted by atomic mass is 16.5.